The van der Waals surface area contributed by atoms with Crippen molar-refractivity contribution in [1.29, 1.82) is 0 Å². The van der Waals surface area contributed by atoms with Crippen molar-refractivity contribution in [3.63, 3.8) is 0 Å². The molecule has 1 aliphatic heterocycles. The molecule has 1 saturated heterocycles. The van der Waals surface area contributed by atoms with Crippen LogP contribution in [0.5, 0.6) is 5.75 Å². The third-order valence-corrected chi connectivity index (χ3v) is 5.57. The highest BCUT2D eigenvalue weighted by Crippen LogP contribution is 2.27. The monoisotopic (exact) mass is 395 g/mol. The van der Waals surface area contributed by atoms with Crippen molar-refractivity contribution in [3.05, 3.63) is 29.3 Å². The predicted molar refractivity (Wildman–Crippen MR) is 113 cm³/mol. The van der Waals surface area contributed by atoms with Gasteiger partial charge in [-0.3, -0.25) is 0 Å². The second-order valence-electron chi connectivity index (χ2n) is 6.73. The van der Waals surface area contributed by atoms with E-state index in [1.54, 1.807) is 11.8 Å². The highest BCUT2D eigenvalue weighted by Gasteiger charge is 2.31. The summed E-state index contributed by atoms with van der Waals surface area (Å²) in [5.74, 6) is 3.34. The minimum Gasteiger partial charge on any atom is -0.491 e. The summed E-state index contributed by atoms with van der Waals surface area (Å²) >= 11 is 1.79. The van der Waals surface area contributed by atoms with Crippen molar-refractivity contribution in [3.8, 4) is 5.75 Å². The molecule has 1 atom stereocenters. The normalized spacial score (nSPS) is 19.9. The number of hydrogen-bond donors (Lipinski definition) is 3. The lowest BCUT2D eigenvalue weighted by Gasteiger charge is -2.23. The van der Waals surface area contributed by atoms with Crippen LogP contribution in [0.3, 0.4) is 0 Å². The maximum atomic E-state index is 10.5. The van der Waals surface area contributed by atoms with Crippen LogP contribution < -0.4 is 15.4 Å². The first-order valence-corrected chi connectivity index (χ1v) is 10.8. The van der Waals surface area contributed by atoms with E-state index in [4.69, 9.17) is 9.47 Å². The molecule has 0 bridgehead atoms. The Bertz CT molecular complexity index is 604. The van der Waals surface area contributed by atoms with Gasteiger partial charge in [0.25, 0.3) is 0 Å². The average Bonchev–Trinajstić information content (AvgIpc) is 3.09. The first kappa shape index (κ1) is 21.9. The maximum Gasteiger partial charge on any atom is 0.191 e. The summed E-state index contributed by atoms with van der Waals surface area (Å²) in [6, 6.07) is 6.16. The quantitative estimate of drug-likeness (QED) is 0.321. The van der Waals surface area contributed by atoms with Crippen LogP contribution in [0, 0.1) is 6.92 Å². The van der Waals surface area contributed by atoms with Crippen LogP contribution >= 0.6 is 11.8 Å². The standard InChI is InChI=1S/C20H33N3O3S/c1-4-21-19(23-14-20(24)8-11-27-15-20)22-13-17-7-6-16(3)12-18(17)26-10-9-25-5-2/h6-7,12,24H,4-5,8-11,13-15H2,1-3H3,(H2,21,22,23). The molecule has 0 aromatic heterocycles. The molecule has 1 aliphatic rings. The third-order valence-electron chi connectivity index (χ3n) is 4.33. The first-order valence-electron chi connectivity index (χ1n) is 9.68. The van der Waals surface area contributed by atoms with Gasteiger partial charge in [-0.05, 0) is 44.6 Å². The van der Waals surface area contributed by atoms with Crippen LogP contribution in [0.15, 0.2) is 23.2 Å². The van der Waals surface area contributed by atoms with Crippen LogP contribution in [0.25, 0.3) is 0 Å². The number of nitrogens with one attached hydrogen (secondary N) is 2. The van der Waals surface area contributed by atoms with Gasteiger partial charge in [0.15, 0.2) is 5.96 Å². The lowest BCUT2D eigenvalue weighted by atomic mass is 10.0. The zero-order valence-electron chi connectivity index (χ0n) is 16.7. The number of rotatable bonds is 10. The van der Waals surface area contributed by atoms with Crippen molar-refractivity contribution in [2.75, 3.05) is 44.4 Å². The summed E-state index contributed by atoms with van der Waals surface area (Å²) < 4.78 is 11.2. The van der Waals surface area contributed by atoms with Gasteiger partial charge in [0, 0.05) is 31.0 Å². The summed E-state index contributed by atoms with van der Waals surface area (Å²) in [7, 11) is 0. The van der Waals surface area contributed by atoms with Gasteiger partial charge in [-0.25, -0.2) is 4.99 Å². The Morgan fingerprint density at radius 3 is 2.85 bits per heavy atom. The molecule has 0 spiro atoms. The van der Waals surface area contributed by atoms with E-state index in [1.807, 2.05) is 26.8 Å². The summed E-state index contributed by atoms with van der Waals surface area (Å²) in [6.07, 6.45) is 0.819. The zero-order chi connectivity index (χ0) is 19.5. The van der Waals surface area contributed by atoms with Crippen LogP contribution in [0.1, 0.15) is 31.4 Å². The molecule has 0 aliphatic carbocycles. The number of aliphatic hydroxyl groups is 1. The molecular weight excluding hydrogens is 362 g/mol. The van der Waals surface area contributed by atoms with Gasteiger partial charge in [0.05, 0.1) is 18.8 Å². The fourth-order valence-corrected chi connectivity index (χ4v) is 4.07. The molecule has 3 N–H and O–H groups in total. The topological polar surface area (TPSA) is 75.1 Å². The van der Waals surface area contributed by atoms with Crippen LogP contribution in [0.4, 0.5) is 0 Å². The highest BCUT2D eigenvalue weighted by atomic mass is 32.2. The van der Waals surface area contributed by atoms with Gasteiger partial charge in [-0.1, -0.05) is 12.1 Å². The Labute approximate surface area is 167 Å². The first-order chi connectivity index (χ1) is 13.1. The number of ether oxygens (including phenoxy) is 2. The van der Waals surface area contributed by atoms with Crippen molar-refractivity contribution >= 4 is 17.7 Å². The van der Waals surface area contributed by atoms with Crippen molar-refractivity contribution < 1.29 is 14.6 Å². The molecule has 152 valence electrons. The SMILES string of the molecule is CCNC(=NCc1ccc(C)cc1OCCOCC)NCC1(O)CCSC1. The Hall–Kier alpha value is -1.44. The molecule has 0 radical (unpaired) electrons. The summed E-state index contributed by atoms with van der Waals surface area (Å²) in [4.78, 5) is 4.68. The minimum atomic E-state index is -0.641. The molecular formula is C20H33N3O3S. The Morgan fingerprint density at radius 2 is 2.15 bits per heavy atom. The largest absolute Gasteiger partial charge is 0.491 e. The van der Waals surface area contributed by atoms with Crippen LogP contribution in [-0.2, 0) is 11.3 Å². The summed E-state index contributed by atoms with van der Waals surface area (Å²) in [6.45, 7) is 9.64. The van der Waals surface area contributed by atoms with E-state index in [-0.39, 0.29) is 0 Å². The number of hydrogen-bond acceptors (Lipinski definition) is 5. The smallest absolute Gasteiger partial charge is 0.191 e. The van der Waals surface area contributed by atoms with Gasteiger partial charge in [-0.15, -0.1) is 0 Å². The number of guanidine groups is 1. The number of benzene rings is 1. The number of thioether (sulfide) groups is 1. The Kier molecular flexibility index (Phi) is 9.24. The summed E-state index contributed by atoms with van der Waals surface area (Å²) in [5, 5.41) is 17.0. The third kappa shape index (κ3) is 7.60. The van der Waals surface area contributed by atoms with E-state index < -0.39 is 5.60 Å². The Morgan fingerprint density at radius 1 is 1.30 bits per heavy atom. The molecule has 0 amide bonds. The zero-order valence-corrected chi connectivity index (χ0v) is 17.5. The van der Waals surface area contributed by atoms with E-state index >= 15 is 0 Å². The molecule has 6 nitrogen and oxygen atoms in total. The number of nitrogens with zero attached hydrogens (tertiary/aromatic N) is 1. The van der Waals surface area contributed by atoms with Gasteiger partial charge in [0.2, 0.25) is 0 Å². The van der Waals surface area contributed by atoms with Crippen LogP contribution in [0.2, 0.25) is 0 Å². The van der Waals surface area contributed by atoms with E-state index in [1.165, 1.54) is 0 Å². The molecule has 0 saturated carbocycles. The van der Waals surface area contributed by atoms with Crippen molar-refractivity contribution in [2.24, 2.45) is 4.99 Å². The van der Waals surface area contributed by atoms with Crippen molar-refractivity contribution in [1.82, 2.24) is 10.6 Å². The molecule has 1 fully saturated rings. The van der Waals surface area contributed by atoms with E-state index in [0.29, 0.717) is 38.9 Å². The van der Waals surface area contributed by atoms with Crippen molar-refractivity contribution in [2.45, 2.75) is 39.3 Å². The average molecular weight is 396 g/mol. The minimum absolute atomic E-state index is 0.507. The molecule has 7 heteroatoms. The van der Waals surface area contributed by atoms with Gasteiger partial charge in [-0.2, -0.15) is 11.8 Å². The second-order valence-corrected chi connectivity index (χ2v) is 7.84. The van der Waals surface area contributed by atoms with E-state index in [9.17, 15) is 5.11 Å². The van der Waals surface area contributed by atoms with Gasteiger partial charge in [0.1, 0.15) is 12.4 Å². The molecule has 1 unspecified atom stereocenters. The maximum absolute atomic E-state index is 10.5. The molecule has 1 aromatic rings. The van der Waals surface area contributed by atoms with Gasteiger partial charge < -0.3 is 25.2 Å². The molecule has 27 heavy (non-hydrogen) atoms. The fourth-order valence-electron chi connectivity index (χ4n) is 2.77. The van der Waals surface area contributed by atoms with Crippen LogP contribution in [-0.4, -0.2) is 61.1 Å². The van der Waals surface area contributed by atoms with E-state index in [2.05, 4.69) is 27.8 Å². The summed E-state index contributed by atoms with van der Waals surface area (Å²) in [5.41, 5.74) is 1.54. The van der Waals surface area contributed by atoms with E-state index in [0.717, 1.165) is 41.3 Å². The number of aryl methyl sites for hydroxylation is 1. The fraction of sp³-hybridized carbons (Fsp3) is 0.650. The predicted octanol–water partition coefficient (Wildman–Crippen LogP) is 2.33. The lowest BCUT2D eigenvalue weighted by molar-refractivity contribution is 0.0724. The van der Waals surface area contributed by atoms with Gasteiger partial charge >= 0.3 is 0 Å². The highest BCUT2D eigenvalue weighted by molar-refractivity contribution is 7.99. The number of aliphatic imine (C=N–C) groups is 1. The lowest BCUT2D eigenvalue weighted by Crippen LogP contribution is -2.47. The second kappa shape index (κ2) is 11.4. The Balaban J connectivity index is 1.98. The molecule has 1 heterocycles. The molecule has 2 rings (SSSR count). The molecule has 1 aromatic carbocycles.